The van der Waals surface area contributed by atoms with Gasteiger partial charge in [0.05, 0.1) is 26.4 Å². The fourth-order valence-electron chi connectivity index (χ4n) is 2.22. The van der Waals surface area contributed by atoms with Gasteiger partial charge in [0, 0.05) is 0 Å². The summed E-state index contributed by atoms with van der Waals surface area (Å²) in [5, 5.41) is 0. The third-order valence-corrected chi connectivity index (χ3v) is 3.49. The Bertz CT molecular complexity index is 131. The van der Waals surface area contributed by atoms with E-state index in [2.05, 4.69) is 14.2 Å². The predicted molar refractivity (Wildman–Crippen MR) is 88.3 cm³/mol. The standard InChI is InChI=1S/C6H12.2C4H8O2.C3H6O3/c1-2-4-6-5-3-1;2*1-2-5-4-6-3-1;1-4-2-6-3-5-1/h1-6H2;2*1-4H2;1-3H2. The van der Waals surface area contributed by atoms with Crippen molar-refractivity contribution < 1.29 is 33.2 Å². The molecule has 4 aliphatic rings. The highest BCUT2D eigenvalue weighted by Crippen LogP contribution is 2.15. The van der Waals surface area contributed by atoms with Crippen molar-refractivity contribution in [2.45, 2.75) is 51.4 Å². The summed E-state index contributed by atoms with van der Waals surface area (Å²) in [4.78, 5) is 0. The summed E-state index contributed by atoms with van der Waals surface area (Å²) >= 11 is 0. The predicted octanol–water partition coefficient (Wildman–Crippen LogP) is 3.02. The fraction of sp³-hybridized carbons (Fsp3) is 1.00. The highest BCUT2D eigenvalue weighted by Gasteiger charge is 1.96. The van der Waals surface area contributed by atoms with Crippen LogP contribution < -0.4 is 0 Å². The van der Waals surface area contributed by atoms with Crippen LogP contribution in [0.5, 0.6) is 0 Å². The summed E-state index contributed by atoms with van der Waals surface area (Å²) in [5.74, 6) is 0. The van der Waals surface area contributed by atoms with Gasteiger partial charge in [0.1, 0.15) is 13.6 Å². The molecule has 144 valence electrons. The molecule has 0 N–H and O–H groups in total. The molecule has 0 atom stereocenters. The third kappa shape index (κ3) is 16.6. The lowest BCUT2D eigenvalue weighted by Gasteiger charge is -2.10. The molecule has 3 aliphatic heterocycles. The van der Waals surface area contributed by atoms with Crippen LogP contribution in [-0.2, 0) is 33.2 Å². The highest BCUT2D eigenvalue weighted by molar-refractivity contribution is 4.51. The summed E-state index contributed by atoms with van der Waals surface area (Å²) in [6.07, 6.45) is 11.1. The zero-order valence-electron chi connectivity index (χ0n) is 14.9. The molecule has 0 unspecified atom stereocenters. The van der Waals surface area contributed by atoms with Crippen molar-refractivity contribution in [2.24, 2.45) is 0 Å². The average Bonchev–Trinajstić information content (AvgIpc) is 2.75. The molecular formula is C17H34O7. The van der Waals surface area contributed by atoms with E-state index in [0.29, 0.717) is 34.0 Å². The number of hydrogen-bond donors (Lipinski definition) is 0. The molecular weight excluding hydrogens is 316 g/mol. The topological polar surface area (TPSA) is 64.6 Å². The smallest absolute Gasteiger partial charge is 0.152 e. The van der Waals surface area contributed by atoms with Gasteiger partial charge in [-0.05, 0) is 12.8 Å². The van der Waals surface area contributed by atoms with Crippen LogP contribution in [0.1, 0.15) is 51.4 Å². The second-order valence-electron chi connectivity index (χ2n) is 5.66. The number of ether oxygens (including phenoxy) is 7. The SMILES string of the molecule is C1CCCCC1.C1COCOC1.C1COCOC1.C1OCOCO1. The quantitative estimate of drug-likeness (QED) is 0.665. The lowest BCUT2D eigenvalue weighted by Crippen LogP contribution is -2.14. The van der Waals surface area contributed by atoms with Crippen molar-refractivity contribution >= 4 is 0 Å². The molecule has 1 saturated carbocycles. The molecule has 0 aromatic carbocycles. The molecule has 0 bridgehead atoms. The monoisotopic (exact) mass is 350 g/mol. The first-order chi connectivity index (χ1) is 12.0. The van der Waals surface area contributed by atoms with E-state index in [1.54, 1.807) is 0 Å². The van der Waals surface area contributed by atoms with Gasteiger partial charge in [-0.15, -0.1) is 0 Å². The maximum absolute atomic E-state index is 4.85. The van der Waals surface area contributed by atoms with Crippen LogP contribution in [0.15, 0.2) is 0 Å². The molecule has 0 amide bonds. The van der Waals surface area contributed by atoms with Crippen molar-refractivity contribution in [2.75, 3.05) is 60.4 Å². The third-order valence-electron chi connectivity index (χ3n) is 3.49. The highest BCUT2D eigenvalue weighted by atomic mass is 16.8. The molecule has 4 rings (SSSR count). The maximum Gasteiger partial charge on any atom is 0.152 e. The van der Waals surface area contributed by atoms with Gasteiger partial charge in [-0.25, -0.2) is 0 Å². The Morgan fingerprint density at radius 3 is 0.625 bits per heavy atom. The van der Waals surface area contributed by atoms with Crippen LogP contribution in [0.3, 0.4) is 0 Å². The van der Waals surface area contributed by atoms with E-state index in [1.807, 2.05) is 0 Å². The summed E-state index contributed by atoms with van der Waals surface area (Å²) in [6.45, 7) is 5.62. The number of hydrogen-bond acceptors (Lipinski definition) is 7. The normalized spacial score (nSPS) is 24.0. The van der Waals surface area contributed by atoms with Gasteiger partial charge in [0.2, 0.25) is 0 Å². The fourth-order valence-corrected chi connectivity index (χ4v) is 2.22. The zero-order valence-corrected chi connectivity index (χ0v) is 14.9. The molecule has 3 saturated heterocycles. The molecule has 7 heteroatoms. The first-order valence-electron chi connectivity index (χ1n) is 9.04. The lowest BCUT2D eigenvalue weighted by molar-refractivity contribution is -0.247. The molecule has 24 heavy (non-hydrogen) atoms. The van der Waals surface area contributed by atoms with Crippen LogP contribution in [0.2, 0.25) is 0 Å². The Balaban J connectivity index is 0.000000160. The van der Waals surface area contributed by atoms with E-state index < -0.39 is 0 Å². The Hall–Kier alpha value is -0.280. The first kappa shape index (κ1) is 21.8. The second-order valence-corrected chi connectivity index (χ2v) is 5.66. The largest absolute Gasteiger partial charge is 0.355 e. The minimum atomic E-state index is 0.375. The van der Waals surface area contributed by atoms with Crippen LogP contribution in [-0.4, -0.2) is 60.4 Å². The van der Waals surface area contributed by atoms with Crippen molar-refractivity contribution in [1.29, 1.82) is 0 Å². The Morgan fingerprint density at radius 2 is 0.500 bits per heavy atom. The molecule has 7 nitrogen and oxygen atoms in total. The molecule has 0 spiro atoms. The minimum absolute atomic E-state index is 0.375. The van der Waals surface area contributed by atoms with Crippen LogP contribution >= 0.6 is 0 Å². The molecule has 1 aliphatic carbocycles. The minimum Gasteiger partial charge on any atom is -0.355 e. The summed E-state index contributed by atoms with van der Waals surface area (Å²) < 4.78 is 33.3. The average molecular weight is 350 g/mol. The van der Waals surface area contributed by atoms with E-state index in [4.69, 9.17) is 18.9 Å². The molecule has 3 heterocycles. The Morgan fingerprint density at radius 1 is 0.250 bits per heavy atom. The summed E-state index contributed by atoms with van der Waals surface area (Å²) in [7, 11) is 0. The van der Waals surface area contributed by atoms with Crippen LogP contribution in [0, 0.1) is 0 Å². The zero-order chi connectivity index (χ0) is 17.0. The van der Waals surface area contributed by atoms with Gasteiger partial charge in [0.25, 0.3) is 0 Å². The Kier molecular flexibility index (Phi) is 17.3. The van der Waals surface area contributed by atoms with Gasteiger partial charge in [-0.1, -0.05) is 38.5 Å². The van der Waals surface area contributed by atoms with E-state index in [-0.39, 0.29) is 0 Å². The Labute approximate surface area is 145 Å². The van der Waals surface area contributed by atoms with Crippen molar-refractivity contribution in [3.63, 3.8) is 0 Å². The van der Waals surface area contributed by atoms with E-state index in [0.717, 1.165) is 39.3 Å². The number of rotatable bonds is 0. The van der Waals surface area contributed by atoms with Gasteiger partial charge < -0.3 is 33.2 Å². The first-order valence-corrected chi connectivity index (χ1v) is 9.04. The van der Waals surface area contributed by atoms with E-state index in [9.17, 15) is 0 Å². The molecule has 4 fully saturated rings. The van der Waals surface area contributed by atoms with E-state index in [1.165, 1.54) is 38.5 Å². The molecule has 0 aromatic heterocycles. The van der Waals surface area contributed by atoms with E-state index >= 15 is 0 Å². The molecule has 0 radical (unpaired) electrons. The van der Waals surface area contributed by atoms with Crippen LogP contribution in [0.4, 0.5) is 0 Å². The van der Waals surface area contributed by atoms with Gasteiger partial charge >= 0.3 is 0 Å². The molecule has 0 aromatic rings. The van der Waals surface area contributed by atoms with Crippen LogP contribution in [0.25, 0.3) is 0 Å². The van der Waals surface area contributed by atoms with Gasteiger partial charge in [-0.2, -0.15) is 0 Å². The maximum atomic E-state index is 4.85. The lowest BCUT2D eigenvalue weighted by atomic mass is 10.0. The summed E-state index contributed by atoms with van der Waals surface area (Å²) in [6, 6.07) is 0. The van der Waals surface area contributed by atoms with Gasteiger partial charge in [-0.3, -0.25) is 0 Å². The summed E-state index contributed by atoms with van der Waals surface area (Å²) in [5.41, 5.74) is 0. The van der Waals surface area contributed by atoms with Crippen molar-refractivity contribution in [1.82, 2.24) is 0 Å². The second kappa shape index (κ2) is 19.1. The van der Waals surface area contributed by atoms with Gasteiger partial charge in [0.15, 0.2) is 20.4 Å². The van der Waals surface area contributed by atoms with Crippen molar-refractivity contribution in [3.05, 3.63) is 0 Å². The van der Waals surface area contributed by atoms with Crippen molar-refractivity contribution in [3.8, 4) is 0 Å².